The van der Waals surface area contributed by atoms with Gasteiger partial charge < -0.3 is 24.1 Å². The standard InChI is InChI=1S/C30H37BrN2O5S/c1-27-10-18-13-33(14-21-5-4-20(12-31)39-21)32-24(18)9-19(27)3-6-22-23-7-8-29(28(23,2)11-25(34)26(22)27)30(38-17-36-29)15-35-16-37-30/h4-5,9,13,22-23,25-26,34H,3,6-8,10-12,14-17H2,1-2H3/p+1/t22-,23-,25-,26+,27-,28-,29+,30?/m0/s1. The van der Waals surface area contributed by atoms with E-state index in [1.54, 1.807) is 0 Å². The molecule has 210 valence electrons. The minimum Gasteiger partial charge on any atom is -0.393 e. The lowest BCUT2D eigenvalue weighted by atomic mass is 9.45. The van der Waals surface area contributed by atoms with Crippen LogP contribution in [-0.4, -0.2) is 47.9 Å². The lowest BCUT2D eigenvalue weighted by Crippen LogP contribution is -2.66. The van der Waals surface area contributed by atoms with Gasteiger partial charge in [-0.15, -0.1) is 16.0 Å². The van der Waals surface area contributed by atoms with Crippen molar-refractivity contribution in [3.05, 3.63) is 44.9 Å². The van der Waals surface area contributed by atoms with Crippen LogP contribution in [0.1, 0.15) is 67.0 Å². The molecule has 8 rings (SSSR count). The second-order valence-corrected chi connectivity index (χ2v) is 15.0. The van der Waals surface area contributed by atoms with Crippen LogP contribution in [0.5, 0.6) is 0 Å². The van der Waals surface area contributed by atoms with E-state index in [9.17, 15) is 5.11 Å². The molecule has 2 aromatic rings. The van der Waals surface area contributed by atoms with E-state index in [-0.39, 0.29) is 30.3 Å². The summed E-state index contributed by atoms with van der Waals surface area (Å²) in [5.74, 6) is 0.306. The van der Waals surface area contributed by atoms with Crippen LogP contribution in [0, 0.1) is 28.6 Å². The molecule has 2 saturated heterocycles. The van der Waals surface area contributed by atoms with Gasteiger partial charge in [0.05, 0.1) is 11.0 Å². The maximum Gasteiger partial charge on any atom is 0.226 e. The number of aromatic nitrogens is 2. The summed E-state index contributed by atoms with van der Waals surface area (Å²) >= 11 is 5.43. The molecule has 9 heteroatoms. The first kappa shape index (κ1) is 25.6. The maximum absolute atomic E-state index is 12.1. The molecule has 0 amide bonds. The molecule has 7 nitrogen and oxygen atoms in total. The molecule has 5 fully saturated rings. The van der Waals surface area contributed by atoms with E-state index in [1.165, 1.54) is 26.6 Å². The fourth-order valence-corrected chi connectivity index (χ4v) is 11.5. The lowest BCUT2D eigenvalue weighted by Gasteiger charge is -2.61. The molecule has 0 aromatic carbocycles. The first-order chi connectivity index (χ1) is 18.8. The first-order valence-corrected chi connectivity index (χ1v) is 16.4. The van der Waals surface area contributed by atoms with E-state index in [0.717, 1.165) is 44.0 Å². The van der Waals surface area contributed by atoms with Crippen LogP contribution in [0.4, 0.5) is 0 Å². The molecule has 2 N–H and O–H groups in total. The quantitative estimate of drug-likeness (QED) is 0.378. The van der Waals surface area contributed by atoms with Gasteiger partial charge in [-0.3, -0.25) is 0 Å². The Morgan fingerprint density at radius 2 is 2.00 bits per heavy atom. The third-order valence-corrected chi connectivity index (χ3v) is 13.7. The number of alkyl halides is 1. The highest BCUT2D eigenvalue weighted by molar-refractivity contribution is 9.08. The Balaban J connectivity index is 1.10. The van der Waals surface area contributed by atoms with Crippen LogP contribution in [-0.2, 0) is 37.2 Å². The minimum absolute atomic E-state index is 0.0454. The number of hydrogen-bond donors (Lipinski definition) is 2. The van der Waals surface area contributed by atoms with Crippen LogP contribution >= 0.6 is 27.3 Å². The van der Waals surface area contributed by atoms with Crippen LogP contribution in [0.25, 0.3) is 6.08 Å². The zero-order valence-electron chi connectivity index (χ0n) is 22.7. The van der Waals surface area contributed by atoms with Crippen LogP contribution in [0.2, 0.25) is 0 Å². The molecule has 39 heavy (non-hydrogen) atoms. The number of halogens is 1. The summed E-state index contributed by atoms with van der Waals surface area (Å²) in [4.78, 5) is 2.71. The number of H-pyrrole nitrogens is 1. The second kappa shape index (κ2) is 8.72. The van der Waals surface area contributed by atoms with E-state index in [1.807, 2.05) is 11.3 Å². The van der Waals surface area contributed by atoms with Gasteiger partial charge in [-0.05, 0) is 79.9 Å². The molecular weight excluding hydrogens is 580 g/mol. The Morgan fingerprint density at radius 1 is 1.15 bits per heavy atom. The van der Waals surface area contributed by atoms with Gasteiger partial charge in [0.2, 0.25) is 12.3 Å². The number of aromatic amines is 1. The molecule has 2 spiro atoms. The number of ether oxygens (including phenoxy) is 4. The molecule has 3 saturated carbocycles. The number of allylic oxidation sites excluding steroid dienone is 1. The average molecular weight is 619 g/mol. The summed E-state index contributed by atoms with van der Waals surface area (Å²) < 4.78 is 26.8. The maximum atomic E-state index is 12.1. The number of hydrogen-bond acceptors (Lipinski definition) is 6. The van der Waals surface area contributed by atoms with E-state index in [2.05, 4.69) is 64.0 Å². The predicted octanol–water partition coefficient (Wildman–Crippen LogP) is 4.90. The molecule has 4 aliphatic carbocycles. The Bertz CT molecular complexity index is 1330. The Hall–Kier alpha value is -1.07. The molecule has 0 radical (unpaired) electrons. The summed E-state index contributed by atoms with van der Waals surface area (Å²) in [6.45, 7) is 6.52. The van der Waals surface area contributed by atoms with Crippen molar-refractivity contribution in [2.45, 2.75) is 81.7 Å². The van der Waals surface area contributed by atoms with Crippen molar-refractivity contribution in [1.29, 1.82) is 0 Å². The molecule has 8 atom stereocenters. The predicted molar refractivity (Wildman–Crippen MR) is 149 cm³/mol. The monoisotopic (exact) mass is 617 g/mol. The summed E-state index contributed by atoms with van der Waals surface area (Å²) in [6, 6.07) is 4.44. The van der Waals surface area contributed by atoms with Gasteiger partial charge in [-0.1, -0.05) is 35.4 Å². The zero-order chi connectivity index (χ0) is 26.6. The first-order valence-electron chi connectivity index (χ1n) is 14.4. The summed E-state index contributed by atoms with van der Waals surface area (Å²) in [5, 5.41) is 16.6. The number of fused-ring (bicyclic) bond motifs is 8. The normalized spacial score (nSPS) is 44.4. The van der Waals surface area contributed by atoms with Gasteiger partial charge >= 0.3 is 0 Å². The molecule has 4 heterocycles. The number of nitrogens with zero attached hydrogens (tertiary/aromatic N) is 1. The highest BCUT2D eigenvalue weighted by atomic mass is 79.9. The fraction of sp³-hybridized carbons (Fsp3) is 0.700. The molecule has 0 bridgehead atoms. The van der Waals surface area contributed by atoms with Crippen LogP contribution < -0.4 is 4.68 Å². The average Bonchev–Trinajstić information content (AvgIpc) is 3.72. The second-order valence-electron chi connectivity index (χ2n) is 13.2. The van der Waals surface area contributed by atoms with Crippen molar-refractivity contribution in [3.8, 4) is 0 Å². The molecule has 2 aromatic heterocycles. The van der Waals surface area contributed by atoms with E-state index >= 15 is 0 Å². The van der Waals surface area contributed by atoms with Gasteiger partial charge in [-0.2, -0.15) is 5.10 Å². The highest BCUT2D eigenvalue weighted by Gasteiger charge is 2.76. The van der Waals surface area contributed by atoms with Gasteiger partial charge in [-0.25, -0.2) is 0 Å². The number of rotatable bonds is 3. The Kier molecular flexibility index (Phi) is 5.73. The third kappa shape index (κ3) is 3.35. The Morgan fingerprint density at radius 3 is 2.79 bits per heavy atom. The number of thiophene rings is 1. The van der Waals surface area contributed by atoms with Crippen molar-refractivity contribution < 1.29 is 28.7 Å². The van der Waals surface area contributed by atoms with Crippen molar-refractivity contribution >= 4 is 33.3 Å². The molecular formula is C30H38BrN2O5S+. The largest absolute Gasteiger partial charge is 0.393 e. The van der Waals surface area contributed by atoms with Gasteiger partial charge in [0.15, 0.2) is 19.8 Å². The smallest absolute Gasteiger partial charge is 0.226 e. The third-order valence-electron chi connectivity index (χ3n) is 11.6. The summed E-state index contributed by atoms with van der Waals surface area (Å²) in [7, 11) is 0. The minimum atomic E-state index is -0.844. The van der Waals surface area contributed by atoms with Gasteiger partial charge in [0.25, 0.3) is 0 Å². The van der Waals surface area contributed by atoms with Gasteiger partial charge in [0.1, 0.15) is 17.9 Å². The number of aliphatic hydroxyl groups excluding tert-OH is 1. The van der Waals surface area contributed by atoms with Crippen molar-refractivity contribution in [2.24, 2.45) is 28.6 Å². The summed E-state index contributed by atoms with van der Waals surface area (Å²) in [6.07, 6.45) is 10.2. The van der Waals surface area contributed by atoms with Crippen LogP contribution in [0.3, 0.4) is 0 Å². The van der Waals surface area contributed by atoms with E-state index < -0.39 is 17.5 Å². The fourth-order valence-electron chi connectivity index (χ4n) is 10.1. The zero-order valence-corrected chi connectivity index (χ0v) is 25.1. The summed E-state index contributed by atoms with van der Waals surface area (Å²) in [5.41, 5.74) is 3.28. The molecule has 2 aliphatic heterocycles. The topological polar surface area (TPSA) is 76.8 Å². The van der Waals surface area contributed by atoms with Crippen molar-refractivity contribution in [3.63, 3.8) is 0 Å². The van der Waals surface area contributed by atoms with E-state index in [0.29, 0.717) is 24.9 Å². The molecule has 1 unspecified atom stereocenters. The van der Waals surface area contributed by atoms with Crippen LogP contribution in [0.15, 0.2) is 23.9 Å². The van der Waals surface area contributed by atoms with E-state index in [4.69, 9.17) is 18.9 Å². The Labute approximate surface area is 242 Å². The van der Waals surface area contributed by atoms with Gasteiger partial charge in [0, 0.05) is 21.2 Å². The SMILES string of the molecule is C[C@]12Cc3c[n+](Cc4ccc(CBr)s4)[nH]c3C=C1CC[C@@H]1[C@@H]2[C@@H](O)C[C@@]2(C)[C@H]1CC[C@@]21OCOC12COCO2. The van der Waals surface area contributed by atoms with Crippen molar-refractivity contribution in [1.82, 2.24) is 5.10 Å². The molecule has 6 aliphatic rings. The number of aliphatic hydroxyl groups is 1. The lowest BCUT2D eigenvalue weighted by molar-refractivity contribution is -0.742. The van der Waals surface area contributed by atoms with Crippen molar-refractivity contribution in [2.75, 3.05) is 20.2 Å². The highest BCUT2D eigenvalue weighted by Crippen LogP contribution is 2.71. The number of nitrogens with one attached hydrogen (secondary N) is 1.